The van der Waals surface area contributed by atoms with Gasteiger partial charge in [0.15, 0.2) is 0 Å². The van der Waals surface area contributed by atoms with Crippen molar-refractivity contribution < 1.29 is 9.59 Å². The van der Waals surface area contributed by atoms with Crippen LogP contribution in [-0.4, -0.2) is 29.8 Å². The molecule has 1 N–H and O–H groups in total. The number of amides is 2. The van der Waals surface area contributed by atoms with Crippen molar-refractivity contribution in [1.29, 1.82) is 0 Å². The van der Waals surface area contributed by atoms with E-state index in [2.05, 4.69) is 5.32 Å². The van der Waals surface area contributed by atoms with Crippen molar-refractivity contribution in [3.05, 3.63) is 34.9 Å². The Kier molecular flexibility index (Phi) is 5.12. The lowest BCUT2D eigenvalue weighted by Gasteiger charge is -2.26. The predicted molar refractivity (Wildman–Crippen MR) is 87.6 cm³/mol. The van der Waals surface area contributed by atoms with Crippen molar-refractivity contribution in [1.82, 2.24) is 10.2 Å². The number of carbonyl (C=O) groups excluding carboxylic acids is 2. The van der Waals surface area contributed by atoms with Gasteiger partial charge in [0.05, 0.1) is 12.6 Å². The number of nitrogens with zero attached hydrogens (tertiary/aromatic N) is 1. The predicted octanol–water partition coefficient (Wildman–Crippen LogP) is 3.17. The molecule has 22 heavy (non-hydrogen) atoms. The quantitative estimate of drug-likeness (QED) is 0.929. The Morgan fingerprint density at radius 1 is 1.27 bits per heavy atom. The molecule has 0 aromatic heterocycles. The third-order valence-electron chi connectivity index (χ3n) is 3.91. The Balaban J connectivity index is 1.99. The summed E-state index contributed by atoms with van der Waals surface area (Å²) < 4.78 is 0. The molecule has 1 fully saturated rings. The van der Waals surface area contributed by atoms with Gasteiger partial charge in [-0.1, -0.05) is 44.5 Å². The van der Waals surface area contributed by atoms with Gasteiger partial charge in [0.1, 0.15) is 0 Å². The highest BCUT2D eigenvalue weighted by atomic mass is 35.5. The molecule has 0 radical (unpaired) electrons. The minimum absolute atomic E-state index is 0.0324. The van der Waals surface area contributed by atoms with Gasteiger partial charge in [-0.05, 0) is 30.5 Å². The second-order valence-corrected chi connectivity index (χ2v) is 7.17. The fraction of sp³-hybridized carbons (Fsp3) is 0.529. The van der Waals surface area contributed by atoms with E-state index in [0.29, 0.717) is 5.02 Å². The molecule has 1 saturated heterocycles. The van der Waals surface area contributed by atoms with Crippen molar-refractivity contribution in [2.24, 2.45) is 5.41 Å². The standard InChI is InChI=1S/C17H23ClN2O2/c1-17(2,3)16(22)19-11-15(21)20-10-4-5-14(20)12-6-8-13(18)9-7-12/h6-9,14H,4-5,10-11H2,1-3H3,(H,19,22). The molecule has 1 heterocycles. The molecule has 1 aromatic carbocycles. The van der Waals surface area contributed by atoms with Crippen LogP contribution in [0.2, 0.25) is 5.02 Å². The lowest BCUT2D eigenvalue weighted by atomic mass is 9.96. The van der Waals surface area contributed by atoms with Gasteiger partial charge in [-0.15, -0.1) is 0 Å². The van der Waals surface area contributed by atoms with Crippen molar-refractivity contribution >= 4 is 23.4 Å². The van der Waals surface area contributed by atoms with Crippen LogP contribution < -0.4 is 5.32 Å². The number of hydrogen-bond donors (Lipinski definition) is 1. The Morgan fingerprint density at radius 2 is 1.91 bits per heavy atom. The molecule has 0 bridgehead atoms. The highest BCUT2D eigenvalue weighted by Crippen LogP contribution is 2.32. The summed E-state index contributed by atoms with van der Waals surface area (Å²) in [7, 11) is 0. The third-order valence-corrected chi connectivity index (χ3v) is 4.16. The summed E-state index contributed by atoms with van der Waals surface area (Å²) in [6, 6.07) is 7.70. The number of rotatable bonds is 3. The highest BCUT2D eigenvalue weighted by molar-refractivity contribution is 6.30. The van der Waals surface area contributed by atoms with E-state index in [4.69, 9.17) is 11.6 Å². The van der Waals surface area contributed by atoms with Gasteiger partial charge in [-0.3, -0.25) is 9.59 Å². The van der Waals surface area contributed by atoms with Gasteiger partial charge in [0.2, 0.25) is 11.8 Å². The first-order chi connectivity index (χ1) is 10.3. The van der Waals surface area contributed by atoms with Crippen LogP contribution in [0.1, 0.15) is 45.2 Å². The van der Waals surface area contributed by atoms with Crippen molar-refractivity contribution in [2.45, 2.75) is 39.7 Å². The van der Waals surface area contributed by atoms with Crippen LogP contribution in [0.25, 0.3) is 0 Å². The van der Waals surface area contributed by atoms with Gasteiger partial charge in [0, 0.05) is 17.0 Å². The van der Waals surface area contributed by atoms with E-state index in [1.54, 1.807) is 0 Å². The zero-order valence-electron chi connectivity index (χ0n) is 13.4. The molecular formula is C17H23ClN2O2. The van der Waals surface area contributed by atoms with Crippen LogP contribution in [0.15, 0.2) is 24.3 Å². The molecule has 5 heteroatoms. The van der Waals surface area contributed by atoms with E-state index in [0.717, 1.165) is 24.9 Å². The Hall–Kier alpha value is -1.55. The summed E-state index contributed by atoms with van der Waals surface area (Å²) >= 11 is 5.92. The van der Waals surface area contributed by atoms with E-state index in [1.165, 1.54) is 0 Å². The molecule has 1 aliphatic rings. The van der Waals surface area contributed by atoms with E-state index in [1.807, 2.05) is 49.9 Å². The summed E-state index contributed by atoms with van der Waals surface area (Å²) in [5.74, 6) is -0.141. The van der Waals surface area contributed by atoms with Crippen LogP contribution in [0.4, 0.5) is 0 Å². The van der Waals surface area contributed by atoms with E-state index in [9.17, 15) is 9.59 Å². The summed E-state index contributed by atoms with van der Waals surface area (Å²) in [4.78, 5) is 26.1. The van der Waals surface area contributed by atoms with E-state index in [-0.39, 0.29) is 24.4 Å². The average molecular weight is 323 g/mol. The SMILES string of the molecule is CC(C)(C)C(=O)NCC(=O)N1CCCC1c1ccc(Cl)cc1. The molecule has 120 valence electrons. The topological polar surface area (TPSA) is 49.4 Å². The Labute approximate surface area is 136 Å². The molecule has 4 nitrogen and oxygen atoms in total. The zero-order chi connectivity index (χ0) is 16.3. The number of halogens is 1. The molecule has 2 rings (SSSR count). The maximum absolute atomic E-state index is 12.4. The van der Waals surface area contributed by atoms with E-state index >= 15 is 0 Å². The molecule has 1 unspecified atom stereocenters. The summed E-state index contributed by atoms with van der Waals surface area (Å²) in [5, 5.41) is 3.42. The number of hydrogen-bond acceptors (Lipinski definition) is 2. The summed E-state index contributed by atoms with van der Waals surface area (Å²) in [5.41, 5.74) is 0.610. The van der Waals surface area contributed by atoms with Crippen LogP contribution in [0.3, 0.4) is 0 Å². The first-order valence-corrected chi connectivity index (χ1v) is 8.00. The number of benzene rings is 1. The van der Waals surface area contributed by atoms with E-state index < -0.39 is 5.41 Å². The maximum atomic E-state index is 12.4. The first-order valence-electron chi connectivity index (χ1n) is 7.62. The monoisotopic (exact) mass is 322 g/mol. The fourth-order valence-electron chi connectivity index (χ4n) is 2.62. The molecule has 0 saturated carbocycles. The second kappa shape index (κ2) is 6.69. The smallest absolute Gasteiger partial charge is 0.242 e. The Morgan fingerprint density at radius 3 is 2.50 bits per heavy atom. The zero-order valence-corrected chi connectivity index (χ0v) is 14.1. The fourth-order valence-corrected chi connectivity index (χ4v) is 2.75. The van der Waals surface area contributed by atoms with Crippen molar-refractivity contribution in [2.75, 3.05) is 13.1 Å². The molecule has 0 aliphatic carbocycles. The maximum Gasteiger partial charge on any atom is 0.242 e. The normalized spacial score (nSPS) is 18.4. The highest BCUT2D eigenvalue weighted by Gasteiger charge is 2.30. The van der Waals surface area contributed by atoms with Crippen LogP contribution in [0, 0.1) is 5.41 Å². The summed E-state index contributed by atoms with van der Waals surface area (Å²) in [6.07, 6.45) is 1.92. The van der Waals surface area contributed by atoms with Crippen molar-refractivity contribution in [3.8, 4) is 0 Å². The second-order valence-electron chi connectivity index (χ2n) is 6.73. The van der Waals surface area contributed by atoms with Gasteiger partial charge in [-0.25, -0.2) is 0 Å². The largest absolute Gasteiger partial charge is 0.347 e. The Bertz CT molecular complexity index is 549. The number of carbonyl (C=O) groups is 2. The van der Waals surface area contributed by atoms with Gasteiger partial charge in [-0.2, -0.15) is 0 Å². The van der Waals surface area contributed by atoms with Gasteiger partial charge < -0.3 is 10.2 Å². The third kappa shape index (κ3) is 4.01. The minimum atomic E-state index is -0.485. The molecular weight excluding hydrogens is 300 g/mol. The van der Waals surface area contributed by atoms with Crippen LogP contribution in [0.5, 0.6) is 0 Å². The van der Waals surface area contributed by atoms with Crippen LogP contribution >= 0.6 is 11.6 Å². The molecule has 1 atom stereocenters. The molecule has 2 amide bonds. The summed E-state index contributed by atoms with van der Waals surface area (Å²) in [6.45, 7) is 6.29. The van der Waals surface area contributed by atoms with Gasteiger partial charge in [0.25, 0.3) is 0 Å². The molecule has 1 aromatic rings. The lowest BCUT2D eigenvalue weighted by Crippen LogP contribution is -2.43. The van der Waals surface area contributed by atoms with Gasteiger partial charge >= 0.3 is 0 Å². The first kappa shape index (κ1) is 16.8. The molecule has 1 aliphatic heterocycles. The van der Waals surface area contributed by atoms with Crippen LogP contribution in [-0.2, 0) is 9.59 Å². The molecule has 0 spiro atoms. The lowest BCUT2D eigenvalue weighted by molar-refractivity contribution is -0.135. The number of likely N-dealkylation sites (tertiary alicyclic amines) is 1. The average Bonchev–Trinajstić information content (AvgIpc) is 2.93. The minimum Gasteiger partial charge on any atom is -0.347 e. The number of nitrogens with one attached hydrogen (secondary N) is 1. The van der Waals surface area contributed by atoms with Crippen molar-refractivity contribution in [3.63, 3.8) is 0 Å².